The van der Waals surface area contributed by atoms with Gasteiger partial charge < -0.3 is 9.57 Å². The van der Waals surface area contributed by atoms with Crippen LogP contribution in [0.3, 0.4) is 0 Å². The lowest BCUT2D eigenvalue weighted by atomic mass is 10.0. The molecule has 0 saturated carbocycles. The van der Waals surface area contributed by atoms with E-state index in [1.807, 2.05) is 30.3 Å². The monoisotopic (exact) mass is 391 g/mol. The van der Waals surface area contributed by atoms with Crippen molar-refractivity contribution >= 4 is 33.7 Å². The molecule has 0 spiro atoms. The largest absolute Gasteiger partial charge is 0.421 e. The number of aryl methyl sites for hydroxylation is 1. The molecule has 5 nitrogen and oxygen atoms in total. The van der Waals surface area contributed by atoms with Crippen LogP contribution in [0.25, 0.3) is 21.8 Å². The van der Waals surface area contributed by atoms with Gasteiger partial charge in [-0.2, -0.15) is 4.73 Å². The van der Waals surface area contributed by atoms with E-state index in [2.05, 4.69) is 20.1 Å². The maximum Gasteiger partial charge on any atom is 0.358 e. The molecule has 0 fully saturated rings. The Morgan fingerprint density at radius 3 is 2.34 bits per heavy atom. The first-order chi connectivity index (χ1) is 13.8. The fourth-order valence-electron chi connectivity index (χ4n) is 3.20. The molecule has 5 heteroatoms. The normalized spacial score (nSPS) is 10.9. The molecular weight excluding hydrogens is 366 g/mol. The van der Waals surface area contributed by atoms with Crippen LogP contribution in [0.15, 0.2) is 60.7 Å². The molecule has 0 unspecified atom stereocenters. The number of fused-ring (bicyclic) bond motifs is 3. The van der Waals surface area contributed by atoms with E-state index in [1.165, 1.54) is 4.73 Å². The molecule has 1 aromatic heterocycles. The van der Waals surface area contributed by atoms with Crippen molar-refractivity contribution in [3.05, 3.63) is 66.3 Å². The first-order valence-corrected chi connectivity index (χ1v) is 9.66. The van der Waals surface area contributed by atoms with Gasteiger partial charge in [-0.3, -0.25) is 0 Å². The van der Waals surface area contributed by atoms with Crippen LogP contribution in [0.1, 0.15) is 39.2 Å². The number of ether oxygens (including phenoxy) is 1. The van der Waals surface area contributed by atoms with Crippen LogP contribution in [0, 0.1) is 0 Å². The molecule has 0 bridgehead atoms. The highest BCUT2D eigenvalue weighted by Crippen LogP contribution is 2.37. The van der Waals surface area contributed by atoms with Crippen LogP contribution < -0.4 is 9.57 Å². The highest BCUT2D eigenvalue weighted by molar-refractivity contribution is 6.12. The van der Waals surface area contributed by atoms with Gasteiger partial charge in [0.05, 0.1) is 5.52 Å². The summed E-state index contributed by atoms with van der Waals surface area (Å²) in [5, 5.41) is 1.84. The molecule has 0 aliphatic rings. The van der Waals surface area contributed by atoms with Gasteiger partial charge in [-0.05, 0) is 44.4 Å². The number of unbranched alkanes of at least 4 members (excludes halogenated alkanes) is 1. The molecule has 0 radical (unpaired) electrons. The second-order valence-corrected chi connectivity index (χ2v) is 7.19. The van der Waals surface area contributed by atoms with Gasteiger partial charge in [0.2, 0.25) is 0 Å². The predicted octanol–water partition coefficient (Wildman–Crippen LogP) is 5.15. The van der Waals surface area contributed by atoms with Crippen molar-refractivity contribution in [2.45, 2.75) is 40.0 Å². The molecule has 0 N–H and O–H groups in total. The van der Waals surface area contributed by atoms with E-state index in [4.69, 9.17) is 9.57 Å². The summed E-state index contributed by atoms with van der Waals surface area (Å²) >= 11 is 0. The third-order valence-corrected chi connectivity index (χ3v) is 4.70. The summed E-state index contributed by atoms with van der Waals surface area (Å²) in [6.07, 6.45) is 2.94. The molecule has 150 valence electrons. The van der Waals surface area contributed by atoms with Gasteiger partial charge >= 0.3 is 11.9 Å². The second-order valence-electron chi connectivity index (χ2n) is 7.19. The molecule has 1 heterocycles. The SMILES string of the molecule is C=C(C)C(=O)Oc1ccc(CCCC)c2c3ccccc3n(OC(=O)C(=C)C)c12. The summed E-state index contributed by atoms with van der Waals surface area (Å²) in [6, 6.07) is 11.4. The Labute approximate surface area is 170 Å². The van der Waals surface area contributed by atoms with Gasteiger partial charge in [-0.25, -0.2) is 9.59 Å². The molecule has 3 aromatic rings. The van der Waals surface area contributed by atoms with Gasteiger partial charge in [-0.15, -0.1) is 0 Å². The first kappa shape index (κ1) is 20.4. The number of rotatable bonds is 7. The lowest BCUT2D eigenvalue weighted by Gasteiger charge is -2.12. The van der Waals surface area contributed by atoms with Crippen molar-refractivity contribution in [3.63, 3.8) is 0 Å². The topological polar surface area (TPSA) is 57.5 Å². The summed E-state index contributed by atoms with van der Waals surface area (Å²) < 4.78 is 7.03. The minimum Gasteiger partial charge on any atom is -0.421 e. The van der Waals surface area contributed by atoms with Crippen LogP contribution in [0.4, 0.5) is 0 Å². The molecule has 0 amide bonds. The fraction of sp³-hybridized carbons (Fsp3) is 0.250. The van der Waals surface area contributed by atoms with Gasteiger partial charge in [0, 0.05) is 21.9 Å². The van der Waals surface area contributed by atoms with E-state index < -0.39 is 11.9 Å². The maximum absolute atomic E-state index is 12.3. The van der Waals surface area contributed by atoms with Gasteiger partial charge in [0.1, 0.15) is 5.52 Å². The van der Waals surface area contributed by atoms with Crippen molar-refractivity contribution in [3.8, 4) is 5.75 Å². The Hall–Kier alpha value is -3.34. The van der Waals surface area contributed by atoms with Crippen molar-refractivity contribution in [2.24, 2.45) is 0 Å². The molecule has 0 aliphatic heterocycles. The molecule has 0 saturated heterocycles. The number of hydrogen-bond donors (Lipinski definition) is 0. The van der Waals surface area contributed by atoms with Crippen molar-refractivity contribution in [1.29, 1.82) is 0 Å². The minimum absolute atomic E-state index is 0.276. The number of benzene rings is 2. The summed E-state index contributed by atoms with van der Waals surface area (Å²) in [6.45, 7) is 12.6. The van der Waals surface area contributed by atoms with Crippen LogP contribution >= 0.6 is 0 Å². The van der Waals surface area contributed by atoms with E-state index in [9.17, 15) is 9.59 Å². The van der Waals surface area contributed by atoms with Gasteiger partial charge in [0.25, 0.3) is 0 Å². The molecule has 3 rings (SSSR count). The van der Waals surface area contributed by atoms with Crippen LogP contribution in [-0.4, -0.2) is 16.7 Å². The molecule has 2 aromatic carbocycles. The predicted molar refractivity (Wildman–Crippen MR) is 115 cm³/mol. The van der Waals surface area contributed by atoms with Crippen LogP contribution in [0.2, 0.25) is 0 Å². The highest BCUT2D eigenvalue weighted by atomic mass is 16.7. The Kier molecular flexibility index (Phi) is 5.87. The van der Waals surface area contributed by atoms with E-state index >= 15 is 0 Å². The third-order valence-electron chi connectivity index (χ3n) is 4.70. The standard InChI is InChI=1S/C24H25NO4/c1-6-7-10-17-13-14-20(28-23(26)15(2)3)22-21(17)18-11-8-9-12-19(18)25(22)29-24(27)16(4)5/h8-9,11-14H,2,4,6-7,10H2,1,3,5H3. The highest BCUT2D eigenvalue weighted by Gasteiger charge is 2.22. The molecule has 0 aliphatic carbocycles. The molecule has 0 atom stereocenters. The number of para-hydroxylation sites is 1. The summed E-state index contributed by atoms with van der Waals surface area (Å²) in [5.41, 5.74) is 2.93. The zero-order chi connectivity index (χ0) is 21.1. The first-order valence-electron chi connectivity index (χ1n) is 9.66. The van der Waals surface area contributed by atoms with Crippen LogP contribution in [0.5, 0.6) is 5.75 Å². The summed E-state index contributed by atoms with van der Waals surface area (Å²) in [5.74, 6) is -0.765. The third kappa shape index (κ3) is 3.94. The number of carbonyl (C=O) groups is 2. The van der Waals surface area contributed by atoms with E-state index in [-0.39, 0.29) is 11.1 Å². The molecule has 29 heavy (non-hydrogen) atoms. The zero-order valence-corrected chi connectivity index (χ0v) is 17.1. The van der Waals surface area contributed by atoms with E-state index in [0.29, 0.717) is 16.8 Å². The Bertz CT molecular complexity index is 1140. The number of carbonyl (C=O) groups excluding carboxylic acids is 2. The Morgan fingerprint density at radius 2 is 1.69 bits per heavy atom. The van der Waals surface area contributed by atoms with Crippen molar-refractivity contribution in [2.75, 3.05) is 0 Å². The maximum atomic E-state index is 12.3. The van der Waals surface area contributed by atoms with Crippen molar-refractivity contribution in [1.82, 2.24) is 4.73 Å². The second kappa shape index (κ2) is 8.35. The van der Waals surface area contributed by atoms with Crippen molar-refractivity contribution < 1.29 is 19.2 Å². The Morgan fingerprint density at radius 1 is 1.00 bits per heavy atom. The lowest BCUT2D eigenvalue weighted by molar-refractivity contribution is -0.138. The van der Waals surface area contributed by atoms with E-state index in [0.717, 1.165) is 35.6 Å². The van der Waals surface area contributed by atoms with Gasteiger partial charge in [0.15, 0.2) is 5.75 Å². The number of esters is 1. The van der Waals surface area contributed by atoms with Gasteiger partial charge in [-0.1, -0.05) is 50.8 Å². The molecular formula is C24H25NO4. The summed E-state index contributed by atoms with van der Waals surface area (Å²) in [4.78, 5) is 30.2. The summed E-state index contributed by atoms with van der Waals surface area (Å²) in [7, 11) is 0. The van der Waals surface area contributed by atoms with E-state index in [1.54, 1.807) is 19.9 Å². The fourth-order valence-corrected chi connectivity index (χ4v) is 3.20. The number of aromatic nitrogens is 1. The average molecular weight is 391 g/mol. The average Bonchev–Trinajstić information content (AvgIpc) is 3.02. The van der Waals surface area contributed by atoms with Crippen LogP contribution in [-0.2, 0) is 16.0 Å². The zero-order valence-electron chi connectivity index (χ0n) is 17.1. The number of hydrogen-bond acceptors (Lipinski definition) is 4. The number of nitrogens with zero attached hydrogens (tertiary/aromatic N) is 1. The quantitative estimate of drug-likeness (QED) is 0.317. The minimum atomic E-state index is -0.552. The lowest BCUT2D eigenvalue weighted by Crippen LogP contribution is -2.20. The smallest absolute Gasteiger partial charge is 0.358 e. The Balaban J connectivity index is 2.34.